The predicted octanol–water partition coefficient (Wildman–Crippen LogP) is 1.54. The summed E-state index contributed by atoms with van der Waals surface area (Å²) in [6.45, 7) is 3.98. The van der Waals surface area contributed by atoms with Gasteiger partial charge in [-0.05, 0) is 36.0 Å². The van der Waals surface area contributed by atoms with E-state index < -0.39 is 12.3 Å². The van der Waals surface area contributed by atoms with Gasteiger partial charge < -0.3 is 21.2 Å². The smallest absolute Gasteiger partial charge is 0.166 e. The van der Waals surface area contributed by atoms with Crippen LogP contribution < -0.4 is 5.73 Å². The van der Waals surface area contributed by atoms with Crippen molar-refractivity contribution in [2.45, 2.75) is 32.6 Å². The molecule has 1 atom stereocenters. The number of hydrogen-bond donors (Lipinski definition) is 4. The second-order valence-corrected chi connectivity index (χ2v) is 3.33. The summed E-state index contributed by atoms with van der Waals surface area (Å²) in [5.74, 6) is 9.03. The van der Waals surface area contributed by atoms with Crippen LogP contribution in [0.2, 0.25) is 0 Å². The molecule has 0 saturated carbocycles. The highest BCUT2D eigenvalue weighted by molar-refractivity contribution is 5.31. The molecule has 0 aromatic heterocycles. The maximum absolute atomic E-state index is 8.50. The van der Waals surface area contributed by atoms with Gasteiger partial charge >= 0.3 is 0 Å². The topological polar surface area (TPSA) is 116 Å². The lowest BCUT2D eigenvalue weighted by Crippen LogP contribution is -2.35. The Balaban J connectivity index is -0.0000000194. The van der Waals surface area contributed by atoms with Gasteiger partial charge in [-0.3, -0.25) is 0 Å². The van der Waals surface area contributed by atoms with Crippen LogP contribution in [0.25, 0.3) is 0 Å². The third-order valence-electron chi connectivity index (χ3n) is 1.33. The molecule has 0 aliphatic rings. The van der Waals surface area contributed by atoms with E-state index in [0.29, 0.717) is 12.3 Å². The van der Waals surface area contributed by atoms with Crippen molar-refractivity contribution in [2.75, 3.05) is 0 Å². The van der Waals surface area contributed by atoms with Gasteiger partial charge in [-0.2, -0.15) is 0 Å². The Hall–Kier alpha value is -2.04. The molecular formula is C12H30N2O4. The summed E-state index contributed by atoms with van der Waals surface area (Å²) in [6, 6.07) is -0.495. The zero-order valence-electron chi connectivity index (χ0n) is 10.4. The van der Waals surface area contributed by atoms with Gasteiger partial charge in [-0.1, -0.05) is 13.8 Å². The standard InChI is InChI=1S/C6H15NO2.C6H2.HNO2.6H2/c1-4(2)3-5(7)6(8)9;1-3-5-6-4-2;2-1-3;;;;;;/h4-6,8-9H,3,7H2,1-2H3;1-2H;(H,2,3);6*1H. The largest absolute Gasteiger partial charge is 0.379 e. The summed E-state index contributed by atoms with van der Waals surface area (Å²) in [5, 5.41) is 24.9. The van der Waals surface area contributed by atoms with Crippen LogP contribution in [0.5, 0.6) is 0 Å². The molecule has 5 N–H and O–H groups in total. The molecule has 0 saturated heterocycles. The molecular weight excluding hydrogens is 236 g/mol. The maximum atomic E-state index is 8.50. The highest BCUT2D eigenvalue weighted by Crippen LogP contribution is 2.03. The van der Waals surface area contributed by atoms with Crippen molar-refractivity contribution in [2.24, 2.45) is 17.0 Å². The average Bonchev–Trinajstić information content (AvgIpc) is 2.27. The molecule has 0 aliphatic carbocycles. The van der Waals surface area contributed by atoms with Gasteiger partial charge in [0.2, 0.25) is 0 Å². The van der Waals surface area contributed by atoms with Gasteiger partial charge in [-0.15, -0.1) is 17.8 Å². The zero-order chi connectivity index (χ0) is 15.0. The van der Waals surface area contributed by atoms with E-state index in [9.17, 15) is 0 Å². The first kappa shape index (κ1) is 21.3. The molecule has 0 bridgehead atoms. The Bertz CT molecular complexity index is 330. The van der Waals surface area contributed by atoms with Crippen LogP contribution >= 0.6 is 0 Å². The van der Waals surface area contributed by atoms with E-state index in [0.717, 1.165) is 0 Å². The number of nitrogens with zero attached hydrogens (tertiary/aromatic N) is 1. The third kappa shape index (κ3) is 29.2. The molecule has 18 heavy (non-hydrogen) atoms. The van der Waals surface area contributed by atoms with E-state index in [-0.39, 0.29) is 8.56 Å². The molecule has 0 heterocycles. The summed E-state index contributed by atoms with van der Waals surface area (Å²) in [4.78, 5) is 8.11. The maximum Gasteiger partial charge on any atom is 0.166 e. The molecule has 112 valence electrons. The number of hydrogen-bond acceptors (Lipinski definition) is 5. The zero-order valence-corrected chi connectivity index (χ0v) is 10.4. The Morgan fingerprint density at radius 2 is 1.61 bits per heavy atom. The van der Waals surface area contributed by atoms with Crippen LogP contribution in [0, 0.1) is 47.4 Å². The van der Waals surface area contributed by atoms with Crippen molar-refractivity contribution in [3.05, 3.63) is 4.91 Å². The number of aliphatic hydroxyl groups excluding tert-OH is 1. The fourth-order valence-corrected chi connectivity index (χ4v) is 0.738. The summed E-state index contributed by atoms with van der Waals surface area (Å²) in [6.07, 6.45) is 8.67. The van der Waals surface area contributed by atoms with Gasteiger partial charge in [0.25, 0.3) is 0 Å². The lowest BCUT2D eigenvalue weighted by molar-refractivity contribution is -0.0617. The fraction of sp³-hybridized carbons (Fsp3) is 0.500. The van der Waals surface area contributed by atoms with Gasteiger partial charge in [0.05, 0.1) is 6.04 Å². The molecule has 0 amide bonds. The van der Waals surface area contributed by atoms with Crippen LogP contribution in [0.15, 0.2) is 5.34 Å². The second-order valence-electron chi connectivity index (χ2n) is 3.33. The van der Waals surface area contributed by atoms with E-state index in [4.69, 9.17) is 38.9 Å². The molecule has 0 aromatic rings. The van der Waals surface area contributed by atoms with Crippen LogP contribution in [0.4, 0.5) is 0 Å². The highest BCUT2D eigenvalue weighted by atomic mass is 16.6. The van der Waals surface area contributed by atoms with E-state index in [2.05, 4.69) is 23.7 Å². The molecule has 0 radical (unpaired) electrons. The molecule has 0 spiro atoms. The highest BCUT2D eigenvalue weighted by Gasteiger charge is 2.11. The minimum absolute atomic E-state index is 0. The van der Waals surface area contributed by atoms with Crippen molar-refractivity contribution in [3.8, 4) is 36.5 Å². The number of terminal acetylenes is 2. The molecule has 6 nitrogen and oxygen atoms in total. The average molecular weight is 266 g/mol. The second kappa shape index (κ2) is 17.4. The molecule has 0 aromatic carbocycles. The lowest BCUT2D eigenvalue weighted by atomic mass is 10.0. The number of aliphatic hydroxyl groups is 2. The lowest BCUT2D eigenvalue weighted by Gasteiger charge is -2.14. The first-order chi connectivity index (χ1) is 8.37. The number of rotatable bonds is 3. The molecule has 0 rings (SSSR count). The quantitative estimate of drug-likeness (QED) is 0.267. The monoisotopic (exact) mass is 266 g/mol. The molecule has 6 heteroatoms. The molecule has 1 unspecified atom stereocenters. The Labute approximate surface area is 116 Å². The minimum atomic E-state index is -1.37. The van der Waals surface area contributed by atoms with Crippen molar-refractivity contribution >= 4 is 0 Å². The molecule has 0 fully saturated rings. The minimum Gasteiger partial charge on any atom is -0.379 e. The van der Waals surface area contributed by atoms with Crippen LogP contribution in [-0.4, -0.2) is 27.8 Å². The SMILES string of the molecule is C#CC#CC#C.CC(C)CC(N)C(O)O.O=NO.[HH].[HH].[HH].[HH].[HH].[HH]. The number of nitrogens with two attached hydrogens (primary N) is 1. The Kier molecular flexibility index (Phi) is 20.5. The van der Waals surface area contributed by atoms with E-state index in [1.54, 1.807) is 0 Å². The van der Waals surface area contributed by atoms with Crippen molar-refractivity contribution in [1.82, 2.24) is 0 Å². The van der Waals surface area contributed by atoms with Crippen molar-refractivity contribution < 1.29 is 24.0 Å². The Morgan fingerprint density at radius 1 is 1.28 bits per heavy atom. The van der Waals surface area contributed by atoms with Crippen molar-refractivity contribution in [1.29, 1.82) is 0 Å². The van der Waals surface area contributed by atoms with Crippen LogP contribution in [-0.2, 0) is 0 Å². The first-order valence-electron chi connectivity index (χ1n) is 4.86. The van der Waals surface area contributed by atoms with Crippen molar-refractivity contribution in [3.63, 3.8) is 0 Å². The summed E-state index contributed by atoms with van der Waals surface area (Å²) in [7, 11) is 0. The predicted molar refractivity (Wildman–Crippen MR) is 81.4 cm³/mol. The van der Waals surface area contributed by atoms with Gasteiger partial charge in [-0.25, -0.2) is 0 Å². The third-order valence-corrected chi connectivity index (χ3v) is 1.33. The summed E-state index contributed by atoms with van der Waals surface area (Å²) < 4.78 is 0. The fourth-order valence-electron chi connectivity index (χ4n) is 0.738. The van der Waals surface area contributed by atoms with E-state index >= 15 is 0 Å². The van der Waals surface area contributed by atoms with E-state index in [1.165, 1.54) is 5.34 Å². The van der Waals surface area contributed by atoms with E-state index in [1.807, 2.05) is 13.8 Å². The van der Waals surface area contributed by atoms with Gasteiger partial charge in [0.1, 0.15) is 0 Å². The van der Waals surface area contributed by atoms with Gasteiger partial charge in [0.15, 0.2) is 11.6 Å². The molecule has 0 aliphatic heterocycles. The van der Waals surface area contributed by atoms with Crippen LogP contribution in [0.3, 0.4) is 0 Å². The summed E-state index contributed by atoms with van der Waals surface area (Å²) in [5.41, 5.74) is 5.32. The first-order valence-corrected chi connectivity index (χ1v) is 4.86. The normalized spacial score (nSPS) is 9.17. The summed E-state index contributed by atoms with van der Waals surface area (Å²) >= 11 is 0. The Morgan fingerprint density at radius 3 is 1.72 bits per heavy atom. The van der Waals surface area contributed by atoms with Crippen LogP contribution in [0.1, 0.15) is 28.8 Å². The van der Waals surface area contributed by atoms with Gasteiger partial charge in [0, 0.05) is 8.56 Å².